The Morgan fingerprint density at radius 3 is 2.81 bits per heavy atom. The molecule has 1 amide bonds. The minimum Gasteiger partial charge on any atom is -0.458 e. The highest BCUT2D eigenvalue weighted by Crippen LogP contribution is 2.45. The Balaban J connectivity index is 1.73. The average molecular weight is 291 g/mol. The van der Waals surface area contributed by atoms with E-state index in [1.54, 1.807) is 10.9 Å². The van der Waals surface area contributed by atoms with E-state index in [0.717, 1.165) is 25.7 Å². The van der Waals surface area contributed by atoms with Crippen LogP contribution in [0.5, 0.6) is 0 Å². The number of esters is 1. The van der Waals surface area contributed by atoms with Crippen molar-refractivity contribution in [1.82, 2.24) is 9.78 Å². The maximum atomic E-state index is 12.5. The first-order chi connectivity index (χ1) is 10.00. The predicted molar refractivity (Wildman–Crippen MR) is 76.6 cm³/mol. The third kappa shape index (κ3) is 2.54. The number of carbonyl (C=O) groups excluding carboxylic acids is 2. The van der Waals surface area contributed by atoms with Gasteiger partial charge in [-0.3, -0.25) is 14.3 Å². The smallest absolute Gasteiger partial charge is 0.307 e. The zero-order chi connectivity index (χ0) is 15.0. The van der Waals surface area contributed by atoms with Gasteiger partial charge in [-0.15, -0.1) is 0 Å². The van der Waals surface area contributed by atoms with E-state index in [9.17, 15) is 9.59 Å². The summed E-state index contributed by atoms with van der Waals surface area (Å²) in [5, 5.41) is 7.08. The van der Waals surface area contributed by atoms with E-state index in [2.05, 4.69) is 10.4 Å². The molecule has 6 heteroatoms. The normalized spacial score (nSPS) is 23.8. The van der Waals surface area contributed by atoms with Crippen LogP contribution in [0, 0.1) is 5.92 Å². The molecule has 2 heterocycles. The molecule has 21 heavy (non-hydrogen) atoms. The molecule has 1 unspecified atom stereocenters. The Morgan fingerprint density at radius 2 is 2.19 bits per heavy atom. The van der Waals surface area contributed by atoms with Crippen LogP contribution in [0.15, 0.2) is 12.4 Å². The number of aromatic nitrogens is 2. The molecule has 114 valence electrons. The topological polar surface area (TPSA) is 73.2 Å². The molecule has 1 saturated heterocycles. The summed E-state index contributed by atoms with van der Waals surface area (Å²) in [5.41, 5.74) is 0.107. The molecule has 1 N–H and O–H groups in total. The molecule has 1 spiro atoms. The van der Waals surface area contributed by atoms with Crippen LogP contribution in [0.1, 0.15) is 52.0 Å². The van der Waals surface area contributed by atoms with Crippen molar-refractivity contribution in [3.63, 3.8) is 0 Å². The van der Waals surface area contributed by atoms with Crippen LogP contribution >= 0.6 is 0 Å². The molecule has 1 aromatic heterocycles. The Hall–Kier alpha value is -1.85. The van der Waals surface area contributed by atoms with E-state index in [0.29, 0.717) is 5.69 Å². The maximum Gasteiger partial charge on any atom is 0.307 e. The minimum atomic E-state index is -0.560. The highest BCUT2D eigenvalue weighted by Gasteiger charge is 2.53. The van der Waals surface area contributed by atoms with E-state index in [-0.39, 0.29) is 30.3 Å². The van der Waals surface area contributed by atoms with Gasteiger partial charge in [0.15, 0.2) is 0 Å². The number of hydrogen-bond acceptors (Lipinski definition) is 4. The fraction of sp³-hybridized carbons (Fsp3) is 0.667. The van der Waals surface area contributed by atoms with E-state index in [4.69, 9.17) is 4.74 Å². The maximum absolute atomic E-state index is 12.5. The number of rotatable bonds is 3. The number of hydrogen-bond donors (Lipinski definition) is 1. The van der Waals surface area contributed by atoms with Gasteiger partial charge < -0.3 is 10.1 Å². The zero-order valence-corrected chi connectivity index (χ0v) is 12.5. The largest absolute Gasteiger partial charge is 0.458 e. The van der Waals surface area contributed by atoms with E-state index in [1.165, 1.54) is 0 Å². The Labute approximate surface area is 123 Å². The van der Waals surface area contributed by atoms with E-state index < -0.39 is 5.60 Å². The highest BCUT2D eigenvalue weighted by molar-refractivity contribution is 5.96. The van der Waals surface area contributed by atoms with Crippen molar-refractivity contribution in [3.8, 4) is 0 Å². The van der Waals surface area contributed by atoms with Gasteiger partial charge in [0.1, 0.15) is 5.60 Å². The molecule has 1 aliphatic heterocycles. The molecule has 1 saturated carbocycles. The summed E-state index contributed by atoms with van der Waals surface area (Å²) in [5.74, 6) is -0.768. The lowest BCUT2D eigenvalue weighted by Gasteiger charge is -2.27. The molecule has 0 radical (unpaired) electrons. The fourth-order valence-corrected chi connectivity index (χ4v) is 3.36. The molecular formula is C15H21N3O3. The van der Waals surface area contributed by atoms with Crippen molar-refractivity contribution in [2.45, 2.75) is 57.6 Å². The molecule has 2 aliphatic rings. The number of ether oxygens (including phenoxy) is 1. The average Bonchev–Trinajstić information content (AvgIpc) is 3.11. The van der Waals surface area contributed by atoms with Gasteiger partial charge in [-0.25, -0.2) is 0 Å². The summed E-state index contributed by atoms with van der Waals surface area (Å²) < 4.78 is 7.29. The Bertz CT molecular complexity index is 558. The highest BCUT2D eigenvalue weighted by atomic mass is 16.6. The van der Waals surface area contributed by atoms with Gasteiger partial charge in [-0.05, 0) is 39.5 Å². The van der Waals surface area contributed by atoms with Crippen LogP contribution in [0.2, 0.25) is 0 Å². The standard InChI is InChI=1S/C15H21N3O3/c1-10(2)18-9-11(8-16-18)17-14(20)12-7-13(19)21-15(12)5-3-4-6-15/h8-10,12H,3-7H2,1-2H3,(H,17,20). The molecule has 0 aromatic carbocycles. The number of carbonyl (C=O) groups is 2. The molecule has 0 bridgehead atoms. The van der Waals surface area contributed by atoms with Crippen molar-refractivity contribution in [1.29, 1.82) is 0 Å². The third-order valence-corrected chi connectivity index (χ3v) is 4.49. The lowest BCUT2D eigenvalue weighted by molar-refractivity contribution is -0.149. The summed E-state index contributed by atoms with van der Waals surface area (Å²) in [6, 6.07) is 0.244. The third-order valence-electron chi connectivity index (χ3n) is 4.49. The van der Waals surface area contributed by atoms with Gasteiger partial charge in [0.2, 0.25) is 5.91 Å². The van der Waals surface area contributed by atoms with Gasteiger partial charge in [-0.2, -0.15) is 5.10 Å². The monoisotopic (exact) mass is 291 g/mol. The Morgan fingerprint density at radius 1 is 1.48 bits per heavy atom. The fourth-order valence-electron chi connectivity index (χ4n) is 3.36. The van der Waals surface area contributed by atoms with Gasteiger partial charge >= 0.3 is 5.97 Å². The van der Waals surface area contributed by atoms with Crippen LogP contribution in [0.4, 0.5) is 5.69 Å². The van der Waals surface area contributed by atoms with Gasteiger partial charge in [0, 0.05) is 12.2 Å². The van der Waals surface area contributed by atoms with Crippen molar-refractivity contribution in [2.24, 2.45) is 5.92 Å². The second-order valence-corrected chi connectivity index (χ2v) is 6.29. The predicted octanol–water partition coefficient (Wildman–Crippen LogP) is 2.28. The molecule has 2 fully saturated rings. The first kappa shape index (κ1) is 14.1. The Kier molecular flexibility index (Phi) is 3.47. The quantitative estimate of drug-likeness (QED) is 0.867. The number of nitrogens with zero attached hydrogens (tertiary/aromatic N) is 2. The molecule has 1 atom stereocenters. The second kappa shape index (κ2) is 5.16. The zero-order valence-electron chi connectivity index (χ0n) is 12.5. The van der Waals surface area contributed by atoms with Crippen LogP contribution in [0.3, 0.4) is 0 Å². The SMILES string of the molecule is CC(C)n1cc(NC(=O)C2CC(=O)OC23CCCC3)cn1. The summed E-state index contributed by atoms with van der Waals surface area (Å²) in [6.07, 6.45) is 7.25. The molecule has 1 aromatic rings. The van der Waals surface area contributed by atoms with Crippen molar-refractivity contribution in [2.75, 3.05) is 5.32 Å². The molecule has 6 nitrogen and oxygen atoms in total. The summed E-state index contributed by atoms with van der Waals surface area (Å²) in [7, 11) is 0. The first-order valence-electron chi connectivity index (χ1n) is 7.57. The van der Waals surface area contributed by atoms with Crippen LogP contribution in [-0.4, -0.2) is 27.3 Å². The van der Waals surface area contributed by atoms with Crippen LogP contribution < -0.4 is 5.32 Å². The molecular weight excluding hydrogens is 270 g/mol. The van der Waals surface area contributed by atoms with Crippen LogP contribution in [-0.2, 0) is 14.3 Å². The number of nitrogens with one attached hydrogen (secondary N) is 1. The van der Waals surface area contributed by atoms with E-state index in [1.807, 2.05) is 20.0 Å². The van der Waals surface area contributed by atoms with Crippen molar-refractivity contribution in [3.05, 3.63) is 12.4 Å². The lowest BCUT2D eigenvalue weighted by Crippen LogP contribution is -2.39. The second-order valence-electron chi connectivity index (χ2n) is 6.29. The minimum absolute atomic E-state index is 0.133. The summed E-state index contributed by atoms with van der Waals surface area (Å²) >= 11 is 0. The van der Waals surface area contributed by atoms with Crippen molar-refractivity contribution >= 4 is 17.6 Å². The van der Waals surface area contributed by atoms with Gasteiger partial charge in [0.05, 0.1) is 24.2 Å². The molecule has 3 rings (SSSR count). The van der Waals surface area contributed by atoms with Gasteiger partial charge in [0.25, 0.3) is 0 Å². The van der Waals surface area contributed by atoms with Gasteiger partial charge in [-0.1, -0.05) is 0 Å². The lowest BCUT2D eigenvalue weighted by atomic mass is 9.85. The van der Waals surface area contributed by atoms with Crippen LogP contribution in [0.25, 0.3) is 0 Å². The first-order valence-corrected chi connectivity index (χ1v) is 7.57. The number of amides is 1. The van der Waals surface area contributed by atoms with E-state index >= 15 is 0 Å². The summed E-state index contributed by atoms with van der Waals surface area (Å²) in [6.45, 7) is 4.05. The number of anilines is 1. The van der Waals surface area contributed by atoms with Crippen molar-refractivity contribution < 1.29 is 14.3 Å². The molecule has 1 aliphatic carbocycles. The summed E-state index contributed by atoms with van der Waals surface area (Å²) in [4.78, 5) is 24.2.